The predicted molar refractivity (Wildman–Crippen MR) is 132 cm³/mol. The van der Waals surface area contributed by atoms with Crippen LogP contribution in [0.25, 0.3) is 0 Å². The summed E-state index contributed by atoms with van der Waals surface area (Å²) >= 11 is 13.7. The number of amides is 2. The molecule has 168 valence electrons. The molecule has 1 N–H and O–H groups in total. The van der Waals surface area contributed by atoms with Crippen molar-refractivity contribution in [3.05, 3.63) is 69.7 Å². The van der Waals surface area contributed by atoms with Gasteiger partial charge in [-0.15, -0.1) is 11.8 Å². The normalized spacial score (nSPS) is 11.7. The monoisotopic (exact) mass is 480 g/mol. The summed E-state index contributed by atoms with van der Waals surface area (Å²) in [7, 11) is 0. The summed E-state index contributed by atoms with van der Waals surface area (Å²) in [5, 5.41) is 4.13. The van der Waals surface area contributed by atoms with E-state index in [-0.39, 0.29) is 17.6 Å². The molecule has 4 nitrogen and oxygen atoms in total. The maximum absolute atomic E-state index is 13.1. The lowest BCUT2D eigenvalue weighted by Crippen LogP contribution is -2.50. The minimum atomic E-state index is -0.470. The summed E-state index contributed by atoms with van der Waals surface area (Å²) in [6.07, 6.45) is 2.14. The third-order valence-electron chi connectivity index (χ3n) is 4.92. The van der Waals surface area contributed by atoms with Gasteiger partial charge in [0.1, 0.15) is 6.04 Å². The van der Waals surface area contributed by atoms with Crippen LogP contribution >= 0.6 is 35.0 Å². The third-order valence-corrected chi connectivity index (χ3v) is 6.47. The number of carbonyl (C=O) groups is 2. The predicted octanol–water partition coefficient (Wildman–Crippen LogP) is 5.60. The second-order valence-electron chi connectivity index (χ2n) is 7.27. The van der Waals surface area contributed by atoms with E-state index in [1.165, 1.54) is 11.8 Å². The van der Waals surface area contributed by atoms with Crippen molar-refractivity contribution in [2.24, 2.45) is 0 Å². The number of nitrogens with zero attached hydrogens (tertiary/aromatic N) is 1. The Morgan fingerprint density at radius 2 is 1.84 bits per heavy atom. The van der Waals surface area contributed by atoms with Crippen molar-refractivity contribution in [2.75, 3.05) is 18.8 Å². The van der Waals surface area contributed by atoms with Gasteiger partial charge in [-0.2, -0.15) is 0 Å². The van der Waals surface area contributed by atoms with Crippen molar-refractivity contribution in [3.63, 3.8) is 0 Å². The summed E-state index contributed by atoms with van der Waals surface area (Å²) in [4.78, 5) is 27.6. The van der Waals surface area contributed by atoms with Gasteiger partial charge < -0.3 is 10.2 Å². The van der Waals surface area contributed by atoms with E-state index in [4.69, 9.17) is 23.2 Å². The van der Waals surface area contributed by atoms with Gasteiger partial charge in [-0.1, -0.05) is 73.4 Å². The average Bonchev–Trinajstić information content (AvgIpc) is 2.77. The minimum Gasteiger partial charge on any atom is -0.354 e. The molecule has 0 aliphatic heterocycles. The minimum absolute atomic E-state index is 0.0375. The van der Waals surface area contributed by atoms with Crippen LogP contribution in [0.1, 0.15) is 37.8 Å². The van der Waals surface area contributed by atoms with E-state index in [2.05, 4.69) is 5.32 Å². The molecule has 0 heterocycles. The first-order chi connectivity index (χ1) is 15.0. The molecule has 0 bridgehead atoms. The zero-order chi connectivity index (χ0) is 22.6. The molecule has 2 aromatic rings. The highest BCUT2D eigenvalue weighted by Gasteiger charge is 2.27. The van der Waals surface area contributed by atoms with Crippen LogP contribution in [-0.2, 0) is 21.8 Å². The van der Waals surface area contributed by atoms with Crippen LogP contribution in [0.5, 0.6) is 0 Å². The highest BCUT2D eigenvalue weighted by molar-refractivity contribution is 7.99. The quantitative estimate of drug-likeness (QED) is 0.429. The Labute approximate surface area is 199 Å². The van der Waals surface area contributed by atoms with Crippen molar-refractivity contribution in [3.8, 4) is 0 Å². The Hall–Kier alpha value is -1.69. The van der Waals surface area contributed by atoms with Gasteiger partial charge >= 0.3 is 0 Å². The number of hydrogen-bond donors (Lipinski definition) is 1. The van der Waals surface area contributed by atoms with Crippen LogP contribution in [0.15, 0.2) is 48.5 Å². The first-order valence-electron chi connectivity index (χ1n) is 10.6. The average molecular weight is 481 g/mol. The van der Waals surface area contributed by atoms with Crippen LogP contribution in [0.2, 0.25) is 10.0 Å². The topological polar surface area (TPSA) is 49.4 Å². The van der Waals surface area contributed by atoms with Gasteiger partial charge in [0.25, 0.3) is 0 Å². The van der Waals surface area contributed by atoms with Crippen LogP contribution in [-0.4, -0.2) is 41.6 Å². The summed E-state index contributed by atoms with van der Waals surface area (Å²) in [6, 6.07) is 14.9. The fourth-order valence-electron chi connectivity index (χ4n) is 3.23. The lowest BCUT2D eigenvalue weighted by atomic mass is 10.1. The van der Waals surface area contributed by atoms with Crippen LogP contribution in [0.4, 0.5) is 0 Å². The third kappa shape index (κ3) is 8.40. The summed E-state index contributed by atoms with van der Waals surface area (Å²) in [5.41, 5.74) is 2.08. The molecule has 1 atom stereocenters. The number of benzene rings is 2. The van der Waals surface area contributed by atoms with Crippen molar-refractivity contribution in [1.82, 2.24) is 10.2 Å². The number of halogens is 2. The second kappa shape index (κ2) is 13.7. The number of thioether (sulfide) groups is 1. The van der Waals surface area contributed by atoms with Crippen molar-refractivity contribution < 1.29 is 9.59 Å². The fourth-order valence-corrected chi connectivity index (χ4v) is 4.70. The van der Waals surface area contributed by atoms with Gasteiger partial charge in [0, 0.05) is 28.9 Å². The van der Waals surface area contributed by atoms with Crippen LogP contribution in [0.3, 0.4) is 0 Å². The zero-order valence-corrected chi connectivity index (χ0v) is 20.4. The smallest absolute Gasteiger partial charge is 0.242 e. The number of nitrogens with one attached hydrogen (secondary N) is 1. The molecule has 7 heteroatoms. The van der Waals surface area contributed by atoms with E-state index in [1.54, 1.807) is 17.0 Å². The Morgan fingerprint density at radius 3 is 2.48 bits per heavy atom. The van der Waals surface area contributed by atoms with Gasteiger partial charge in [0.15, 0.2) is 0 Å². The SMILES string of the molecule is CCCNC(=O)[C@H](CC)N(CCc1ccccc1)C(=O)CSCc1ccc(Cl)cc1Cl. The lowest BCUT2D eigenvalue weighted by Gasteiger charge is -2.30. The van der Waals surface area contributed by atoms with Gasteiger partial charge in [0.2, 0.25) is 11.8 Å². The van der Waals surface area contributed by atoms with Gasteiger partial charge in [0.05, 0.1) is 5.75 Å². The molecule has 0 saturated carbocycles. The first-order valence-corrected chi connectivity index (χ1v) is 12.5. The van der Waals surface area contributed by atoms with E-state index >= 15 is 0 Å². The molecule has 0 fully saturated rings. The Bertz CT molecular complexity index is 849. The fraction of sp³-hybridized carbons (Fsp3) is 0.417. The molecule has 0 aromatic heterocycles. The standard InChI is InChI=1S/C24H30Cl2N2O2S/c1-3-13-27-24(30)22(4-2)28(14-12-18-8-6-5-7-9-18)23(29)17-31-16-19-10-11-20(25)15-21(19)26/h5-11,15,22H,3-4,12-14,16-17H2,1-2H3,(H,27,30)/t22-/m0/s1. The van der Waals surface area contributed by atoms with Gasteiger partial charge in [-0.05, 0) is 42.5 Å². The molecule has 2 aromatic carbocycles. The summed E-state index contributed by atoms with van der Waals surface area (Å²) in [6.45, 7) is 5.07. The maximum Gasteiger partial charge on any atom is 0.242 e. The van der Waals surface area contributed by atoms with E-state index in [1.807, 2.05) is 50.2 Å². The highest BCUT2D eigenvalue weighted by atomic mass is 35.5. The summed E-state index contributed by atoms with van der Waals surface area (Å²) < 4.78 is 0. The molecule has 2 rings (SSSR count). The Kier molecular flexibility index (Phi) is 11.3. The Morgan fingerprint density at radius 1 is 1.10 bits per heavy atom. The zero-order valence-electron chi connectivity index (χ0n) is 18.1. The van der Waals surface area contributed by atoms with Crippen molar-refractivity contribution >= 4 is 46.8 Å². The molecule has 2 amide bonds. The van der Waals surface area contributed by atoms with Gasteiger partial charge in [-0.3, -0.25) is 9.59 Å². The lowest BCUT2D eigenvalue weighted by molar-refractivity contribution is -0.138. The Balaban J connectivity index is 2.05. The van der Waals surface area contributed by atoms with Crippen LogP contribution in [0, 0.1) is 0 Å². The maximum atomic E-state index is 13.1. The summed E-state index contributed by atoms with van der Waals surface area (Å²) in [5.74, 6) is 0.763. The van der Waals surface area contributed by atoms with E-state index in [0.29, 0.717) is 41.7 Å². The van der Waals surface area contributed by atoms with E-state index < -0.39 is 6.04 Å². The molecular formula is C24H30Cl2N2O2S. The number of carbonyl (C=O) groups excluding carboxylic acids is 2. The molecule has 0 unspecified atom stereocenters. The molecule has 0 spiro atoms. The number of rotatable bonds is 12. The molecule has 0 radical (unpaired) electrons. The largest absolute Gasteiger partial charge is 0.354 e. The van der Waals surface area contributed by atoms with Crippen molar-refractivity contribution in [1.29, 1.82) is 0 Å². The molecule has 0 aliphatic carbocycles. The highest BCUT2D eigenvalue weighted by Crippen LogP contribution is 2.25. The molecule has 0 aliphatic rings. The van der Waals surface area contributed by atoms with Gasteiger partial charge in [-0.25, -0.2) is 0 Å². The van der Waals surface area contributed by atoms with Crippen molar-refractivity contribution in [2.45, 2.75) is 44.9 Å². The second-order valence-corrected chi connectivity index (χ2v) is 9.10. The first kappa shape index (κ1) is 25.6. The van der Waals surface area contributed by atoms with Crippen LogP contribution < -0.4 is 5.32 Å². The molecule has 0 saturated heterocycles. The molecule has 31 heavy (non-hydrogen) atoms. The molecular weight excluding hydrogens is 451 g/mol. The van der Waals surface area contributed by atoms with E-state index in [9.17, 15) is 9.59 Å². The number of hydrogen-bond acceptors (Lipinski definition) is 3. The van der Waals surface area contributed by atoms with E-state index in [0.717, 1.165) is 17.5 Å².